The molecule has 1 aromatic carbocycles. The first kappa shape index (κ1) is 16.5. The van der Waals surface area contributed by atoms with Crippen molar-refractivity contribution < 1.29 is 14.6 Å². The molecule has 2 rings (SSSR count). The average molecular weight is 333 g/mol. The van der Waals surface area contributed by atoms with Gasteiger partial charge in [-0.05, 0) is 19.1 Å². The molecule has 0 bridgehead atoms. The van der Waals surface area contributed by atoms with Crippen LogP contribution in [0.15, 0.2) is 18.2 Å². The molecule has 2 N–H and O–H groups in total. The summed E-state index contributed by atoms with van der Waals surface area (Å²) in [6.07, 6.45) is -0.252. The minimum Gasteiger partial charge on any atom is -0.394 e. The summed E-state index contributed by atoms with van der Waals surface area (Å²) in [7, 11) is 0. The summed E-state index contributed by atoms with van der Waals surface area (Å²) in [5.41, 5.74) is 0.422. The number of aliphatic hydroxyl groups excluding tert-OH is 1. The molecule has 0 radical (unpaired) electrons. The molecule has 1 aliphatic heterocycles. The number of amides is 1. The van der Waals surface area contributed by atoms with E-state index < -0.39 is 0 Å². The van der Waals surface area contributed by atoms with E-state index >= 15 is 0 Å². The number of aliphatic hydroxyl groups is 1. The van der Waals surface area contributed by atoms with E-state index in [1.807, 2.05) is 11.8 Å². The van der Waals surface area contributed by atoms with E-state index in [1.165, 1.54) is 0 Å². The molecule has 0 aliphatic carbocycles. The van der Waals surface area contributed by atoms with Crippen LogP contribution in [-0.2, 0) is 9.53 Å². The van der Waals surface area contributed by atoms with Gasteiger partial charge in [-0.2, -0.15) is 0 Å². The number of benzene rings is 1. The Balaban J connectivity index is 1.98. The van der Waals surface area contributed by atoms with Gasteiger partial charge >= 0.3 is 0 Å². The van der Waals surface area contributed by atoms with Gasteiger partial charge in [-0.15, -0.1) is 0 Å². The first-order chi connectivity index (χ1) is 10.0. The lowest BCUT2D eigenvalue weighted by atomic mass is 10.2. The molecule has 2 unspecified atom stereocenters. The largest absolute Gasteiger partial charge is 0.394 e. The zero-order valence-electron chi connectivity index (χ0n) is 11.7. The van der Waals surface area contributed by atoms with Crippen LogP contribution in [0.4, 0.5) is 5.69 Å². The molecular weight excluding hydrogens is 315 g/mol. The Morgan fingerprint density at radius 2 is 2.14 bits per heavy atom. The second-order valence-electron chi connectivity index (χ2n) is 5.06. The Labute approximate surface area is 133 Å². The monoisotopic (exact) mass is 332 g/mol. The molecule has 7 heteroatoms. The highest BCUT2D eigenvalue weighted by Crippen LogP contribution is 2.29. The number of anilines is 1. The molecule has 1 heterocycles. The van der Waals surface area contributed by atoms with Crippen LogP contribution in [0, 0.1) is 0 Å². The fourth-order valence-corrected chi connectivity index (χ4v) is 2.68. The summed E-state index contributed by atoms with van der Waals surface area (Å²) in [5, 5.41) is 12.7. The van der Waals surface area contributed by atoms with Crippen LogP contribution in [0.5, 0.6) is 0 Å². The van der Waals surface area contributed by atoms with Crippen LogP contribution in [0.25, 0.3) is 0 Å². The molecule has 5 nitrogen and oxygen atoms in total. The third-order valence-corrected chi connectivity index (χ3v) is 4.04. The quantitative estimate of drug-likeness (QED) is 0.885. The fraction of sp³-hybridized carbons (Fsp3) is 0.500. The molecule has 1 fully saturated rings. The molecule has 1 saturated heterocycles. The van der Waals surface area contributed by atoms with Crippen molar-refractivity contribution >= 4 is 34.8 Å². The number of hydrogen-bond acceptors (Lipinski definition) is 4. The van der Waals surface area contributed by atoms with Crippen molar-refractivity contribution in [3.63, 3.8) is 0 Å². The van der Waals surface area contributed by atoms with Gasteiger partial charge in [0.2, 0.25) is 5.91 Å². The van der Waals surface area contributed by atoms with E-state index in [0.29, 0.717) is 28.9 Å². The minimum absolute atomic E-state index is 0.0544. The number of hydrogen-bond donors (Lipinski definition) is 2. The van der Waals surface area contributed by atoms with E-state index in [-0.39, 0.29) is 31.2 Å². The number of carbonyl (C=O) groups is 1. The van der Waals surface area contributed by atoms with Gasteiger partial charge < -0.3 is 15.2 Å². The van der Waals surface area contributed by atoms with Crippen molar-refractivity contribution in [3.8, 4) is 0 Å². The Morgan fingerprint density at radius 3 is 2.76 bits per heavy atom. The van der Waals surface area contributed by atoms with Gasteiger partial charge in [-0.3, -0.25) is 9.69 Å². The number of morpholine rings is 1. The van der Waals surface area contributed by atoms with E-state index in [0.717, 1.165) is 0 Å². The normalized spacial score (nSPS) is 23.0. The van der Waals surface area contributed by atoms with Gasteiger partial charge in [-0.25, -0.2) is 0 Å². The van der Waals surface area contributed by atoms with Crippen molar-refractivity contribution in [1.82, 2.24) is 4.90 Å². The smallest absolute Gasteiger partial charge is 0.238 e. The van der Waals surface area contributed by atoms with E-state index in [1.54, 1.807) is 18.2 Å². The highest BCUT2D eigenvalue weighted by atomic mass is 35.5. The maximum atomic E-state index is 12.2. The maximum absolute atomic E-state index is 12.2. The molecule has 1 aromatic rings. The molecule has 0 saturated carbocycles. The molecule has 116 valence electrons. The van der Waals surface area contributed by atoms with Gasteiger partial charge in [0.15, 0.2) is 0 Å². The standard InChI is InChI=1S/C14H18Cl2N2O3/c1-9-8-21-10(7-19)5-18(9)6-13(20)17-14-11(15)3-2-4-12(14)16/h2-4,9-10,19H,5-8H2,1H3,(H,17,20). The van der Waals surface area contributed by atoms with Crippen LogP contribution in [-0.4, -0.2) is 54.4 Å². The average Bonchev–Trinajstić information content (AvgIpc) is 2.45. The van der Waals surface area contributed by atoms with Crippen molar-refractivity contribution in [3.05, 3.63) is 28.2 Å². The second-order valence-corrected chi connectivity index (χ2v) is 5.88. The highest BCUT2D eigenvalue weighted by Gasteiger charge is 2.27. The third kappa shape index (κ3) is 4.31. The zero-order valence-corrected chi connectivity index (χ0v) is 13.2. The van der Waals surface area contributed by atoms with Crippen LogP contribution in [0.3, 0.4) is 0 Å². The SMILES string of the molecule is CC1COC(CO)CN1CC(=O)Nc1c(Cl)cccc1Cl. The van der Waals surface area contributed by atoms with E-state index in [4.69, 9.17) is 33.0 Å². The van der Waals surface area contributed by atoms with Crippen molar-refractivity contribution in [2.75, 3.05) is 31.6 Å². The number of halogens is 2. The van der Waals surface area contributed by atoms with E-state index in [2.05, 4.69) is 5.32 Å². The predicted octanol–water partition coefficient (Wildman–Crippen LogP) is 2.01. The number of para-hydroxylation sites is 1. The van der Waals surface area contributed by atoms with Crippen LogP contribution in [0.2, 0.25) is 10.0 Å². The number of rotatable bonds is 4. The number of ether oxygens (including phenoxy) is 1. The molecule has 0 spiro atoms. The van der Waals surface area contributed by atoms with Gasteiger partial charge in [0.25, 0.3) is 0 Å². The lowest BCUT2D eigenvalue weighted by Gasteiger charge is -2.36. The Bertz CT molecular complexity index is 493. The molecular formula is C14H18Cl2N2O3. The van der Waals surface area contributed by atoms with Crippen molar-refractivity contribution in [2.24, 2.45) is 0 Å². The van der Waals surface area contributed by atoms with Crippen molar-refractivity contribution in [2.45, 2.75) is 19.1 Å². The van der Waals surface area contributed by atoms with Crippen LogP contribution >= 0.6 is 23.2 Å². The van der Waals surface area contributed by atoms with Gasteiger partial charge in [0, 0.05) is 12.6 Å². The van der Waals surface area contributed by atoms with Gasteiger partial charge in [0.1, 0.15) is 0 Å². The minimum atomic E-state index is -0.252. The molecule has 0 aromatic heterocycles. The predicted molar refractivity (Wildman–Crippen MR) is 83.0 cm³/mol. The number of nitrogens with one attached hydrogen (secondary N) is 1. The summed E-state index contributed by atoms with van der Waals surface area (Å²) in [4.78, 5) is 14.1. The Hall–Kier alpha value is -0.850. The first-order valence-electron chi connectivity index (χ1n) is 6.71. The summed E-state index contributed by atoms with van der Waals surface area (Å²) < 4.78 is 5.44. The molecule has 1 amide bonds. The lowest BCUT2D eigenvalue weighted by Crippen LogP contribution is -2.51. The first-order valence-corrected chi connectivity index (χ1v) is 7.47. The third-order valence-electron chi connectivity index (χ3n) is 3.41. The Kier molecular flexibility index (Phi) is 5.84. The summed E-state index contributed by atoms with van der Waals surface area (Å²) in [6.45, 7) is 3.12. The van der Waals surface area contributed by atoms with Crippen molar-refractivity contribution in [1.29, 1.82) is 0 Å². The summed E-state index contributed by atoms with van der Waals surface area (Å²) in [5.74, 6) is -0.199. The van der Waals surface area contributed by atoms with Gasteiger partial charge in [-0.1, -0.05) is 29.3 Å². The van der Waals surface area contributed by atoms with Gasteiger partial charge in [0.05, 0.1) is 41.6 Å². The lowest BCUT2D eigenvalue weighted by molar-refractivity contribution is -0.122. The molecule has 1 aliphatic rings. The number of carbonyl (C=O) groups excluding carboxylic acids is 1. The van der Waals surface area contributed by atoms with E-state index in [9.17, 15) is 4.79 Å². The highest BCUT2D eigenvalue weighted by molar-refractivity contribution is 6.39. The topological polar surface area (TPSA) is 61.8 Å². The second kappa shape index (κ2) is 7.42. The summed E-state index contributed by atoms with van der Waals surface area (Å²) in [6, 6.07) is 5.17. The Morgan fingerprint density at radius 1 is 1.48 bits per heavy atom. The molecule has 2 atom stereocenters. The maximum Gasteiger partial charge on any atom is 0.238 e. The summed E-state index contributed by atoms with van der Waals surface area (Å²) >= 11 is 12.0. The molecule has 21 heavy (non-hydrogen) atoms. The fourth-order valence-electron chi connectivity index (χ4n) is 2.19. The zero-order chi connectivity index (χ0) is 15.4. The number of nitrogens with zero attached hydrogens (tertiary/aromatic N) is 1. The van der Waals surface area contributed by atoms with Crippen LogP contribution < -0.4 is 5.32 Å². The van der Waals surface area contributed by atoms with Crippen LogP contribution in [0.1, 0.15) is 6.92 Å².